The minimum absolute atomic E-state index is 0.0366. The fourth-order valence-electron chi connectivity index (χ4n) is 4.61. The molecule has 0 bridgehead atoms. The molecule has 1 N–H and O–H groups in total. The Morgan fingerprint density at radius 3 is 2.76 bits per heavy atom. The molecule has 2 amide bonds. The van der Waals surface area contributed by atoms with Gasteiger partial charge in [0.15, 0.2) is 0 Å². The molecule has 1 saturated heterocycles. The summed E-state index contributed by atoms with van der Waals surface area (Å²) in [6.07, 6.45) is 9.05. The number of carbonyl (C=O) groups is 2. The lowest BCUT2D eigenvalue weighted by Crippen LogP contribution is -2.43. The third-order valence-corrected chi connectivity index (χ3v) is 7.16. The highest BCUT2D eigenvalue weighted by Gasteiger charge is 2.37. The van der Waals surface area contributed by atoms with Crippen LogP contribution in [0.5, 0.6) is 0 Å². The number of carbonyl (C=O) groups excluding carboxylic acids is 2. The lowest BCUT2D eigenvalue weighted by Gasteiger charge is -2.35. The Bertz CT molecular complexity index is 657. The van der Waals surface area contributed by atoms with Gasteiger partial charge in [0.25, 0.3) is 0 Å². The maximum atomic E-state index is 13.0. The molecule has 1 aromatic rings. The molecule has 2 aliphatic heterocycles. The highest BCUT2D eigenvalue weighted by atomic mass is 32.2. The van der Waals surface area contributed by atoms with Crippen molar-refractivity contribution in [3.63, 3.8) is 0 Å². The molecule has 2 atom stereocenters. The number of nitrogens with zero attached hydrogens (tertiary/aromatic N) is 1. The molecule has 25 heavy (non-hydrogen) atoms. The third kappa shape index (κ3) is 3.57. The predicted octanol–water partition coefficient (Wildman–Crippen LogP) is 4.06. The minimum Gasteiger partial charge on any atom is -0.339 e. The largest absolute Gasteiger partial charge is 0.339 e. The van der Waals surface area contributed by atoms with Crippen molar-refractivity contribution in [1.82, 2.24) is 4.90 Å². The lowest BCUT2D eigenvalue weighted by atomic mass is 9.83. The van der Waals surface area contributed by atoms with Gasteiger partial charge >= 0.3 is 0 Å². The summed E-state index contributed by atoms with van der Waals surface area (Å²) in [5.74, 6) is 0.805. The van der Waals surface area contributed by atoms with E-state index in [4.69, 9.17) is 0 Å². The Labute approximate surface area is 153 Å². The van der Waals surface area contributed by atoms with E-state index in [-0.39, 0.29) is 17.1 Å². The number of hydrogen-bond donors (Lipinski definition) is 1. The van der Waals surface area contributed by atoms with Gasteiger partial charge in [0.05, 0.1) is 10.9 Å². The molecule has 0 unspecified atom stereocenters. The average molecular weight is 359 g/mol. The number of amides is 2. The van der Waals surface area contributed by atoms with Crippen LogP contribution in [0.1, 0.15) is 51.4 Å². The van der Waals surface area contributed by atoms with Crippen molar-refractivity contribution in [1.29, 1.82) is 0 Å². The summed E-state index contributed by atoms with van der Waals surface area (Å²) in [5, 5.41) is 2.64. The number of thioether (sulfide) groups is 1. The molecule has 134 valence electrons. The topological polar surface area (TPSA) is 49.4 Å². The van der Waals surface area contributed by atoms with Crippen molar-refractivity contribution in [3.8, 4) is 0 Å². The lowest BCUT2D eigenvalue weighted by molar-refractivity contribution is -0.134. The summed E-state index contributed by atoms with van der Waals surface area (Å²) >= 11 is 1.53. The SMILES string of the molecule is O=C1Nc2ccccc2S[C@@H]1CC(=O)N1CCC[C@H]1C1CCCCC1. The van der Waals surface area contributed by atoms with Gasteiger partial charge in [-0.25, -0.2) is 0 Å². The van der Waals surface area contributed by atoms with Gasteiger partial charge in [0.2, 0.25) is 11.8 Å². The van der Waals surface area contributed by atoms with Crippen molar-refractivity contribution < 1.29 is 9.59 Å². The van der Waals surface area contributed by atoms with Gasteiger partial charge in [0.1, 0.15) is 0 Å². The average Bonchev–Trinajstić information content (AvgIpc) is 3.13. The number of anilines is 1. The molecule has 4 rings (SSSR count). The van der Waals surface area contributed by atoms with E-state index < -0.39 is 0 Å². The molecule has 0 spiro atoms. The Hall–Kier alpha value is -1.49. The monoisotopic (exact) mass is 358 g/mol. The molecule has 1 aliphatic carbocycles. The number of fused-ring (bicyclic) bond motifs is 1. The van der Waals surface area contributed by atoms with Crippen LogP contribution < -0.4 is 5.32 Å². The van der Waals surface area contributed by atoms with Gasteiger partial charge in [-0.2, -0.15) is 0 Å². The molecule has 2 fully saturated rings. The van der Waals surface area contributed by atoms with E-state index >= 15 is 0 Å². The van der Waals surface area contributed by atoms with Crippen LogP contribution in [0.15, 0.2) is 29.2 Å². The van der Waals surface area contributed by atoms with Crippen LogP contribution >= 0.6 is 11.8 Å². The van der Waals surface area contributed by atoms with Gasteiger partial charge in [-0.3, -0.25) is 9.59 Å². The van der Waals surface area contributed by atoms with E-state index in [1.165, 1.54) is 43.9 Å². The maximum absolute atomic E-state index is 13.0. The minimum atomic E-state index is -0.310. The van der Waals surface area contributed by atoms with Crippen molar-refractivity contribution >= 4 is 29.3 Å². The highest BCUT2D eigenvalue weighted by Crippen LogP contribution is 2.38. The standard InChI is InChI=1S/C20H26N2O2S/c23-19(22-12-6-10-16(22)14-7-2-1-3-8-14)13-18-20(24)21-15-9-4-5-11-17(15)25-18/h4-5,9,11,14,16,18H,1-3,6-8,10,12-13H2,(H,21,24)/t16-,18+/m0/s1. The van der Waals surface area contributed by atoms with Crippen molar-refractivity contribution in [2.75, 3.05) is 11.9 Å². The summed E-state index contributed by atoms with van der Waals surface area (Å²) in [6, 6.07) is 8.23. The Kier molecular flexibility index (Phi) is 5.02. The summed E-state index contributed by atoms with van der Waals surface area (Å²) in [6.45, 7) is 0.871. The number of benzene rings is 1. The van der Waals surface area contributed by atoms with Gasteiger partial charge in [0, 0.05) is 23.9 Å². The smallest absolute Gasteiger partial charge is 0.238 e. The third-order valence-electron chi connectivity index (χ3n) is 5.88. The van der Waals surface area contributed by atoms with Gasteiger partial charge in [-0.15, -0.1) is 11.8 Å². The summed E-state index contributed by atoms with van der Waals surface area (Å²) in [5.41, 5.74) is 0.863. The van der Waals surface area contributed by atoms with Gasteiger partial charge in [-0.05, 0) is 43.7 Å². The van der Waals surface area contributed by atoms with Crippen LogP contribution in [0.3, 0.4) is 0 Å². The fraction of sp³-hybridized carbons (Fsp3) is 0.600. The first-order valence-corrected chi connectivity index (χ1v) is 10.5. The van der Waals surface area contributed by atoms with Crippen LogP contribution in [0.2, 0.25) is 0 Å². The van der Waals surface area contributed by atoms with Crippen molar-refractivity contribution in [2.24, 2.45) is 5.92 Å². The highest BCUT2D eigenvalue weighted by molar-refractivity contribution is 8.01. The van der Waals surface area contributed by atoms with E-state index in [1.54, 1.807) is 0 Å². The molecule has 0 radical (unpaired) electrons. The molecule has 4 nitrogen and oxygen atoms in total. The number of para-hydroxylation sites is 1. The van der Waals surface area contributed by atoms with Crippen LogP contribution in [-0.2, 0) is 9.59 Å². The Balaban J connectivity index is 1.42. The first kappa shape index (κ1) is 17.0. The van der Waals surface area contributed by atoms with Gasteiger partial charge < -0.3 is 10.2 Å². The number of rotatable bonds is 3. The fourth-order valence-corrected chi connectivity index (χ4v) is 5.72. The van der Waals surface area contributed by atoms with Crippen molar-refractivity contribution in [3.05, 3.63) is 24.3 Å². The normalized spacial score (nSPS) is 27.0. The quantitative estimate of drug-likeness (QED) is 0.886. The molecule has 1 saturated carbocycles. The molecule has 0 aromatic heterocycles. The summed E-state index contributed by atoms with van der Waals surface area (Å²) < 4.78 is 0. The number of hydrogen-bond acceptors (Lipinski definition) is 3. The number of nitrogens with one attached hydrogen (secondary N) is 1. The second kappa shape index (κ2) is 7.40. The summed E-state index contributed by atoms with van der Waals surface area (Å²) in [4.78, 5) is 28.5. The van der Waals surface area contributed by atoms with E-state index in [9.17, 15) is 9.59 Å². The molecular weight excluding hydrogens is 332 g/mol. The van der Waals surface area contributed by atoms with E-state index in [0.717, 1.165) is 30.0 Å². The molecule has 3 aliphatic rings. The molecular formula is C20H26N2O2S. The zero-order chi connectivity index (χ0) is 17.2. The van der Waals surface area contributed by atoms with Crippen LogP contribution in [-0.4, -0.2) is 34.6 Å². The van der Waals surface area contributed by atoms with Crippen LogP contribution in [0.4, 0.5) is 5.69 Å². The zero-order valence-corrected chi connectivity index (χ0v) is 15.4. The van der Waals surface area contributed by atoms with E-state index in [1.807, 2.05) is 24.3 Å². The first-order chi connectivity index (χ1) is 12.2. The maximum Gasteiger partial charge on any atom is 0.238 e. The number of likely N-dealkylation sites (tertiary alicyclic amines) is 1. The Morgan fingerprint density at radius 1 is 1.12 bits per heavy atom. The predicted molar refractivity (Wildman–Crippen MR) is 101 cm³/mol. The zero-order valence-electron chi connectivity index (χ0n) is 14.6. The van der Waals surface area contributed by atoms with Crippen LogP contribution in [0.25, 0.3) is 0 Å². The second-order valence-electron chi connectivity index (χ2n) is 7.49. The van der Waals surface area contributed by atoms with Gasteiger partial charge in [-0.1, -0.05) is 31.4 Å². The second-order valence-corrected chi connectivity index (χ2v) is 8.74. The first-order valence-electron chi connectivity index (χ1n) is 9.58. The molecule has 5 heteroatoms. The molecule has 1 aromatic carbocycles. The van der Waals surface area contributed by atoms with Crippen LogP contribution in [0, 0.1) is 5.92 Å². The van der Waals surface area contributed by atoms with E-state index in [0.29, 0.717) is 18.4 Å². The van der Waals surface area contributed by atoms with E-state index in [2.05, 4.69) is 10.2 Å². The van der Waals surface area contributed by atoms with Crippen molar-refractivity contribution in [2.45, 2.75) is 67.6 Å². The summed E-state index contributed by atoms with van der Waals surface area (Å²) in [7, 11) is 0. The Morgan fingerprint density at radius 2 is 1.92 bits per heavy atom. The molecule has 2 heterocycles.